The van der Waals surface area contributed by atoms with Gasteiger partial charge in [0.1, 0.15) is 5.75 Å². The molecular weight excluding hydrogens is 342 g/mol. The molecule has 2 amide bonds. The fourth-order valence-corrected chi connectivity index (χ4v) is 3.29. The zero-order valence-corrected chi connectivity index (χ0v) is 15.4. The van der Waals surface area contributed by atoms with Gasteiger partial charge in [0.15, 0.2) is 0 Å². The first-order chi connectivity index (χ1) is 13.0. The van der Waals surface area contributed by atoms with E-state index < -0.39 is 0 Å². The average Bonchev–Trinajstić information content (AvgIpc) is 2.69. The van der Waals surface area contributed by atoms with Gasteiger partial charge in [0.25, 0.3) is 5.91 Å². The van der Waals surface area contributed by atoms with Crippen LogP contribution in [0.3, 0.4) is 0 Å². The van der Waals surface area contributed by atoms with Crippen molar-refractivity contribution in [2.75, 3.05) is 17.7 Å². The monoisotopic (exact) mass is 367 g/mol. The molecule has 2 aromatic carbocycles. The predicted molar refractivity (Wildman–Crippen MR) is 106 cm³/mol. The molecule has 2 unspecified atom stereocenters. The summed E-state index contributed by atoms with van der Waals surface area (Å²) in [5.74, 6) is 0.482. The van der Waals surface area contributed by atoms with Crippen LogP contribution in [0.25, 0.3) is 0 Å². The first kappa shape index (κ1) is 18.9. The van der Waals surface area contributed by atoms with Crippen LogP contribution in [0.5, 0.6) is 5.75 Å². The summed E-state index contributed by atoms with van der Waals surface area (Å²) >= 11 is 0. The normalized spacial score (nSPS) is 19.2. The van der Waals surface area contributed by atoms with Crippen LogP contribution >= 0.6 is 0 Å². The zero-order valence-electron chi connectivity index (χ0n) is 15.4. The second-order valence-corrected chi connectivity index (χ2v) is 6.87. The van der Waals surface area contributed by atoms with E-state index in [1.807, 2.05) is 0 Å². The number of nitrogens with two attached hydrogens (primary N) is 1. The van der Waals surface area contributed by atoms with Crippen LogP contribution < -0.4 is 21.1 Å². The Labute approximate surface area is 159 Å². The minimum atomic E-state index is -0.212. The Hall–Kier alpha value is -2.86. The van der Waals surface area contributed by atoms with Gasteiger partial charge >= 0.3 is 0 Å². The van der Waals surface area contributed by atoms with E-state index in [1.165, 1.54) is 0 Å². The molecule has 0 aromatic heterocycles. The molecule has 0 bridgehead atoms. The lowest BCUT2D eigenvalue weighted by molar-refractivity contribution is -0.120. The third-order valence-electron chi connectivity index (χ3n) is 4.85. The molecule has 27 heavy (non-hydrogen) atoms. The third kappa shape index (κ3) is 5.08. The maximum absolute atomic E-state index is 12.4. The summed E-state index contributed by atoms with van der Waals surface area (Å²) in [6.45, 7) is 0. The number of benzene rings is 2. The molecule has 1 saturated carbocycles. The van der Waals surface area contributed by atoms with Gasteiger partial charge in [0.2, 0.25) is 5.91 Å². The van der Waals surface area contributed by atoms with Crippen molar-refractivity contribution in [3.8, 4) is 5.75 Å². The first-order valence-electron chi connectivity index (χ1n) is 9.17. The quantitative estimate of drug-likeness (QED) is 0.755. The van der Waals surface area contributed by atoms with Crippen molar-refractivity contribution in [1.29, 1.82) is 0 Å². The highest BCUT2D eigenvalue weighted by Crippen LogP contribution is 2.24. The Morgan fingerprint density at radius 3 is 2.22 bits per heavy atom. The molecule has 0 heterocycles. The average molecular weight is 367 g/mol. The van der Waals surface area contributed by atoms with Crippen molar-refractivity contribution < 1.29 is 14.3 Å². The number of amides is 2. The summed E-state index contributed by atoms with van der Waals surface area (Å²) in [5, 5.41) is 5.75. The number of hydrogen-bond donors (Lipinski definition) is 3. The third-order valence-corrected chi connectivity index (χ3v) is 4.85. The summed E-state index contributed by atoms with van der Waals surface area (Å²) in [6, 6.07) is 14.1. The minimum absolute atomic E-state index is 0.000541. The molecule has 1 aliphatic rings. The molecule has 3 rings (SSSR count). The SMILES string of the molecule is COc1ccc(NC(=O)c2ccc(NC(=O)C3CCCC(N)C3)cc2)cc1. The molecule has 0 aliphatic heterocycles. The number of carbonyl (C=O) groups excluding carboxylic acids is 2. The highest BCUT2D eigenvalue weighted by atomic mass is 16.5. The standard InChI is InChI=1S/C21H25N3O3/c1-27-19-11-9-18(10-12-19)23-20(25)14-5-7-17(8-6-14)24-21(26)15-3-2-4-16(22)13-15/h5-12,15-16H,2-4,13,22H2,1H3,(H,23,25)(H,24,26). The first-order valence-corrected chi connectivity index (χ1v) is 9.17. The van der Waals surface area contributed by atoms with E-state index >= 15 is 0 Å². The Bertz CT molecular complexity index is 787. The maximum Gasteiger partial charge on any atom is 0.255 e. The highest BCUT2D eigenvalue weighted by molar-refractivity contribution is 6.04. The van der Waals surface area contributed by atoms with Crippen LogP contribution in [0.15, 0.2) is 48.5 Å². The minimum Gasteiger partial charge on any atom is -0.497 e. The van der Waals surface area contributed by atoms with Crippen LogP contribution in [0.1, 0.15) is 36.0 Å². The van der Waals surface area contributed by atoms with Crippen LogP contribution in [0.4, 0.5) is 11.4 Å². The number of ether oxygens (including phenoxy) is 1. The molecule has 4 N–H and O–H groups in total. The Balaban J connectivity index is 1.57. The number of rotatable bonds is 5. The van der Waals surface area contributed by atoms with Crippen molar-refractivity contribution in [1.82, 2.24) is 0 Å². The molecule has 2 aromatic rings. The molecule has 2 atom stereocenters. The molecule has 0 radical (unpaired) electrons. The molecule has 1 fully saturated rings. The van der Waals surface area contributed by atoms with E-state index in [2.05, 4.69) is 10.6 Å². The van der Waals surface area contributed by atoms with Gasteiger partial charge in [-0.2, -0.15) is 0 Å². The smallest absolute Gasteiger partial charge is 0.255 e. The fraction of sp³-hybridized carbons (Fsp3) is 0.333. The van der Waals surface area contributed by atoms with Gasteiger partial charge in [0.05, 0.1) is 7.11 Å². The summed E-state index contributed by atoms with van der Waals surface area (Å²) in [7, 11) is 1.59. The van der Waals surface area contributed by atoms with Crippen molar-refractivity contribution in [2.24, 2.45) is 11.7 Å². The molecule has 142 valence electrons. The van der Waals surface area contributed by atoms with Crippen LogP contribution in [0, 0.1) is 5.92 Å². The number of nitrogens with one attached hydrogen (secondary N) is 2. The Morgan fingerprint density at radius 2 is 1.59 bits per heavy atom. The largest absolute Gasteiger partial charge is 0.497 e. The molecule has 6 heteroatoms. The molecular formula is C21H25N3O3. The molecule has 1 aliphatic carbocycles. The summed E-state index contributed by atoms with van der Waals surface area (Å²) in [5.41, 5.74) is 7.84. The van der Waals surface area contributed by atoms with Crippen LogP contribution in [-0.2, 0) is 4.79 Å². The summed E-state index contributed by atoms with van der Waals surface area (Å²) in [6.07, 6.45) is 3.58. The maximum atomic E-state index is 12.4. The van der Waals surface area contributed by atoms with Gasteiger partial charge in [-0.05, 0) is 67.8 Å². The van der Waals surface area contributed by atoms with E-state index in [9.17, 15) is 9.59 Å². The molecule has 0 spiro atoms. The van der Waals surface area contributed by atoms with Gasteiger partial charge < -0.3 is 21.1 Å². The number of anilines is 2. The molecule has 6 nitrogen and oxygen atoms in total. The van der Waals surface area contributed by atoms with Gasteiger partial charge in [-0.3, -0.25) is 9.59 Å². The fourth-order valence-electron chi connectivity index (χ4n) is 3.29. The van der Waals surface area contributed by atoms with E-state index in [0.29, 0.717) is 16.9 Å². The van der Waals surface area contributed by atoms with E-state index in [1.54, 1.807) is 55.6 Å². The van der Waals surface area contributed by atoms with Crippen molar-refractivity contribution in [2.45, 2.75) is 31.7 Å². The van der Waals surface area contributed by atoms with Gasteiger partial charge in [-0.15, -0.1) is 0 Å². The lowest BCUT2D eigenvalue weighted by atomic mass is 9.85. The van der Waals surface area contributed by atoms with Crippen LogP contribution in [-0.4, -0.2) is 25.0 Å². The second-order valence-electron chi connectivity index (χ2n) is 6.87. The number of carbonyl (C=O) groups is 2. The van der Waals surface area contributed by atoms with Crippen LogP contribution in [0.2, 0.25) is 0 Å². The van der Waals surface area contributed by atoms with E-state index in [-0.39, 0.29) is 23.8 Å². The summed E-state index contributed by atoms with van der Waals surface area (Å²) < 4.78 is 5.10. The molecule has 0 saturated heterocycles. The Kier molecular flexibility index (Phi) is 6.08. The lowest BCUT2D eigenvalue weighted by Crippen LogP contribution is -2.34. The number of hydrogen-bond acceptors (Lipinski definition) is 4. The topological polar surface area (TPSA) is 93.5 Å². The zero-order chi connectivity index (χ0) is 19.2. The van der Waals surface area contributed by atoms with Gasteiger partial charge in [-0.1, -0.05) is 6.42 Å². The van der Waals surface area contributed by atoms with E-state index in [0.717, 1.165) is 31.4 Å². The Morgan fingerprint density at radius 1 is 0.963 bits per heavy atom. The van der Waals surface area contributed by atoms with Crippen molar-refractivity contribution >= 4 is 23.2 Å². The van der Waals surface area contributed by atoms with Crippen molar-refractivity contribution in [3.63, 3.8) is 0 Å². The van der Waals surface area contributed by atoms with Gasteiger partial charge in [-0.25, -0.2) is 0 Å². The summed E-state index contributed by atoms with van der Waals surface area (Å²) in [4.78, 5) is 24.7. The highest BCUT2D eigenvalue weighted by Gasteiger charge is 2.25. The second kappa shape index (κ2) is 8.68. The lowest BCUT2D eigenvalue weighted by Gasteiger charge is -2.25. The predicted octanol–water partition coefficient (Wildman–Crippen LogP) is 3.40. The van der Waals surface area contributed by atoms with Crippen molar-refractivity contribution in [3.05, 3.63) is 54.1 Å². The van der Waals surface area contributed by atoms with Gasteiger partial charge in [0, 0.05) is 28.9 Å². The number of methoxy groups -OCH3 is 1. The van der Waals surface area contributed by atoms with E-state index in [4.69, 9.17) is 10.5 Å².